The summed E-state index contributed by atoms with van der Waals surface area (Å²) >= 11 is 6.21. The Labute approximate surface area is 268 Å². The summed E-state index contributed by atoms with van der Waals surface area (Å²) in [6, 6.07) is 6.91. The number of benzene rings is 1. The van der Waals surface area contributed by atoms with Crippen molar-refractivity contribution >= 4 is 40.8 Å². The lowest BCUT2D eigenvalue weighted by atomic mass is 9.47. The second-order valence-electron chi connectivity index (χ2n) is 12.6. The van der Waals surface area contributed by atoms with Gasteiger partial charge in [0.1, 0.15) is 11.4 Å². The monoisotopic (exact) mass is 653 g/mol. The molecule has 240 valence electrons. The number of carbonyl (C=O) groups is 4. The first-order valence-corrected chi connectivity index (χ1v) is 15.2. The second kappa shape index (κ2) is 10.9. The Morgan fingerprint density at radius 2 is 1.87 bits per heavy atom. The number of Topliss-reactive ketones (excluding diaryl/α,β-unsaturated/α-hetero) is 1. The SMILES string of the molecule is C=CCc1cccc([C@H]2C3=CC[C@@H]4C(=O)N(N(C)c5nc(C(F)(F)F)ccc5Cl)C(=O)[C@@H]4[C@@H]3C[C@H]3C(=O)C=C(C)C(=O)[C@@]23C)c1O. The van der Waals surface area contributed by atoms with Crippen LogP contribution in [0.1, 0.15) is 49.4 Å². The van der Waals surface area contributed by atoms with Crippen LogP contribution in [0.3, 0.4) is 0 Å². The van der Waals surface area contributed by atoms with Crippen molar-refractivity contribution in [2.24, 2.45) is 29.1 Å². The number of aromatic hydroxyl groups is 1. The van der Waals surface area contributed by atoms with Crippen LogP contribution >= 0.6 is 11.6 Å². The summed E-state index contributed by atoms with van der Waals surface area (Å²) < 4.78 is 40.5. The molecule has 1 aromatic heterocycles. The minimum absolute atomic E-state index is 0.0380. The number of hydrazine groups is 1. The zero-order valence-corrected chi connectivity index (χ0v) is 26.0. The molecule has 0 unspecified atom stereocenters. The maximum Gasteiger partial charge on any atom is 0.433 e. The summed E-state index contributed by atoms with van der Waals surface area (Å²) in [5.41, 5.74) is -0.543. The van der Waals surface area contributed by atoms with Gasteiger partial charge in [-0.25, -0.2) is 4.98 Å². The van der Waals surface area contributed by atoms with Crippen LogP contribution in [0, 0.1) is 29.1 Å². The summed E-state index contributed by atoms with van der Waals surface area (Å²) in [5, 5.41) is 13.0. The van der Waals surface area contributed by atoms with Crippen LogP contribution in [-0.4, -0.2) is 45.5 Å². The van der Waals surface area contributed by atoms with Crippen molar-refractivity contribution < 1.29 is 37.5 Å². The number of allylic oxidation sites excluding steroid dienone is 5. The number of pyridine rings is 1. The van der Waals surface area contributed by atoms with E-state index in [1.165, 1.54) is 13.1 Å². The van der Waals surface area contributed by atoms with Crippen molar-refractivity contribution in [2.75, 3.05) is 12.1 Å². The molecule has 2 aromatic rings. The fraction of sp³-hybridized carbons (Fsp3) is 0.382. The first kappa shape index (κ1) is 31.7. The van der Waals surface area contributed by atoms with Crippen LogP contribution in [-0.2, 0) is 31.8 Å². The number of nitrogens with zero attached hydrogens (tertiary/aromatic N) is 3. The maximum absolute atomic E-state index is 14.2. The maximum atomic E-state index is 14.2. The Bertz CT molecular complexity index is 1790. The van der Waals surface area contributed by atoms with Gasteiger partial charge in [-0.3, -0.25) is 24.2 Å². The van der Waals surface area contributed by atoms with E-state index in [2.05, 4.69) is 11.6 Å². The van der Waals surface area contributed by atoms with E-state index in [1.807, 2.05) is 6.08 Å². The number of para-hydroxylation sites is 1. The molecule has 6 rings (SSSR count). The first-order valence-electron chi connectivity index (χ1n) is 14.9. The van der Waals surface area contributed by atoms with Gasteiger partial charge in [0.15, 0.2) is 17.4 Å². The molecule has 3 aliphatic carbocycles. The number of anilines is 1. The number of amides is 2. The topological polar surface area (TPSA) is 108 Å². The lowest BCUT2D eigenvalue weighted by Crippen LogP contribution is -2.55. The van der Waals surface area contributed by atoms with Gasteiger partial charge < -0.3 is 5.11 Å². The number of halogens is 4. The molecular formula is C34H31ClF3N3O5. The number of rotatable bonds is 5. The Balaban J connectivity index is 1.46. The van der Waals surface area contributed by atoms with Crippen LogP contribution in [0.2, 0.25) is 5.02 Å². The third-order valence-electron chi connectivity index (χ3n) is 10.2. The number of alkyl halides is 3. The molecule has 8 nitrogen and oxygen atoms in total. The first-order chi connectivity index (χ1) is 21.6. The zero-order chi connectivity index (χ0) is 33.5. The molecule has 1 aromatic carbocycles. The number of phenolic OH excluding ortho intramolecular Hbond substituents is 1. The molecule has 2 fully saturated rings. The van der Waals surface area contributed by atoms with Crippen molar-refractivity contribution in [3.05, 3.63) is 88.1 Å². The Kier molecular flexibility index (Phi) is 7.54. The molecule has 4 aliphatic rings. The lowest BCUT2D eigenvalue weighted by Gasteiger charge is -2.53. The summed E-state index contributed by atoms with van der Waals surface area (Å²) in [4.78, 5) is 59.3. The van der Waals surface area contributed by atoms with Gasteiger partial charge in [0, 0.05) is 24.4 Å². The second-order valence-corrected chi connectivity index (χ2v) is 13.0. The summed E-state index contributed by atoms with van der Waals surface area (Å²) in [6.07, 6.45) is 0.550. The summed E-state index contributed by atoms with van der Waals surface area (Å²) in [6.45, 7) is 7.07. The molecule has 0 bridgehead atoms. The molecule has 1 saturated carbocycles. The van der Waals surface area contributed by atoms with E-state index in [-0.39, 0.29) is 35.2 Å². The number of ketones is 2. The van der Waals surface area contributed by atoms with Crippen LogP contribution < -0.4 is 5.01 Å². The van der Waals surface area contributed by atoms with E-state index in [9.17, 15) is 37.5 Å². The van der Waals surface area contributed by atoms with E-state index in [0.717, 1.165) is 16.1 Å². The fourth-order valence-corrected chi connectivity index (χ4v) is 8.32. The van der Waals surface area contributed by atoms with E-state index in [1.54, 1.807) is 38.1 Å². The zero-order valence-electron chi connectivity index (χ0n) is 25.3. The molecule has 46 heavy (non-hydrogen) atoms. The molecule has 1 saturated heterocycles. The number of fused-ring (bicyclic) bond motifs is 4. The third-order valence-corrected chi connectivity index (χ3v) is 10.5. The van der Waals surface area contributed by atoms with Crippen LogP contribution in [0.25, 0.3) is 0 Å². The van der Waals surface area contributed by atoms with Gasteiger partial charge in [0.2, 0.25) is 0 Å². The van der Waals surface area contributed by atoms with Crippen molar-refractivity contribution in [1.29, 1.82) is 0 Å². The Hall–Kier alpha value is -4.25. The van der Waals surface area contributed by atoms with Crippen LogP contribution in [0.15, 0.2) is 66.3 Å². The van der Waals surface area contributed by atoms with Crippen molar-refractivity contribution in [1.82, 2.24) is 9.99 Å². The summed E-state index contributed by atoms with van der Waals surface area (Å²) in [7, 11) is 1.25. The average Bonchev–Trinajstić information content (AvgIpc) is 3.25. The molecule has 6 atom stereocenters. The molecular weight excluding hydrogens is 623 g/mol. The predicted octanol–water partition coefficient (Wildman–Crippen LogP) is 5.99. The van der Waals surface area contributed by atoms with Gasteiger partial charge in [-0.1, -0.05) is 54.4 Å². The van der Waals surface area contributed by atoms with Gasteiger partial charge in [0.25, 0.3) is 11.8 Å². The number of imide groups is 1. The fourth-order valence-electron chi connectivity index (χ4n) is 8.09. The minimum Gasteiger partial charge on any atom is -0.507 e. The smallest absolute Gasteiger partial charge is 0.433 e. The summed E-state index contributed by atoms with van der Waals surface area (Å²) in [5.74, 6) is -6.44. The van der Waals surface area contributed by atoms with Crippen molar-refractivity contribution in [3.63, 3.8) is 0 Å². The number of hydrogen-bond donors (Lipinski definition) is 1. The van der Waals surface area contributed by atoms with Crippen molar-refractivity contribution in [3.8, 4) is 5.75 Å². The lowest BCUT2D eigenvalue weighted by molar-refractivity contribution is -0.142. The molecule has 2 heterocycles. The molecule has 1 N–H and O–H groups in total. The van der Waals surface area contributed by atoms with E-state index in [0.29, 0.717) is 34.8 Å². The highest BCUT2D eigenvalue weighted by atomic mass is 35.5. The Morgan fingerprint density at radius 1 is 1.15 bits per heavy atom. The van der Waals surface area contributed by atoms with Gasteiger partial charge in [0.05, 0.1) is 22.3 Å². The van der Waals surface area contributed by atoms with Gasteiger partial charge in [-0.15, -0.1) is 6.58 Å². The average molecular weight is 654 g/mol. The minimum atomic E-state index is -4.79. The number of aromatic nitrogens is 1. The van der Waals surface area contributed by atoms with E-state index in [4.69, 9.17) is 11.6 Å². The van der Waals surface area contributed by atoms with E-state index < -0.39 is 64.5 Å². The highest BCUT2D eigenvalue weighted by Crippen LogP contribution is 2.63. The quantitative estimate of drug-likeness (QED) is 0.312. The number of hydrogen-bond acceptors (Lipinski definition) is 7. The van der Waals surface area contributed by atoms with Crippen molar-refractivity contribution in [2.45, 2.75) is 45.2 Å². The molecule has 2 amide bonds. The van der Waals surface area contributed by atoms with Gasteiger partial charge in [-0.05, 0) is 61.4 Å². The molecule has 1 aliphatic heterocycles. The third kappa shape index (κ3) is 4.53. The van der Waals surface area contributed by atoms with Crippen LogP contribution in [0.5, 0.6) is 5.75 Å². The van der Waals surface area contributed by atoms with Crippen LogP contribution in [0.4, 0.5) is 19.0 Å². The standard InChI is InChI=1S/C34H31ClF3N3O5/c1-5-7-17-8-6-9-20(28(17)43)27-18-10-11-19-26(21(18)15-22-24(42)14-16(2)29(44)33(22,27)3)32(46)41(31(19)45)40(4)30-23(35)12-13-25(39-30)34(36,37)38/h5-6,8-10,12-14,19,21-22,26-27,43H,1,7,11,15H2,2-4H3/t19-,21+,22-,26-,27+,33+/m0/s1. The predicted molar refractivity (Wildman–Crippen MR) is 162 cm³/mol. The highest BCUT2D eigenvalue weighted by molar-refractivity contribution is 6.33. The number of carbonyl (C=O) groups excluding carboxylic acids is 4. The Morgan fingerprint density at radius 3 is 2.54 bits per heavy atom. The number of phenols is 1. The van der Waals surface area contributed by atoms with Gasteiger partial charge in [-0.2, -0.15) is 18.2 Å². The molecule has 0 radical (unpaired) electrons. The molecule has 12 heteroatoms. The highest BCUT2D eigenvalue weighted by Gasteiger charge is 2.64. The van der Waals surface area contributed by atoms with Gasteiger partial charge >= 0.3 is 6.18 Å². The normalized spacial score (nSPS) is 29.1. The molecule has 0 spiro atoms. The van der Waals surface area contributed by atoms with E-state index >= 15 is 0 Å². The largest absolute Gasteiger partial charge is 0.507 e.